The lowest BCUT2D eigenvalue weighted by Crippen LogP contribution is -2.13. The normalized spacial score (nSPS) is 11.6. The quantitative estimate of drug-likeness (QED) is 0.467. The van der Waals surface area contributed by atoms with E-state index in [-0.39, 0.29) is 10.8 Å². The largest absolute Gasteiger partial charge is 0.326 e. The van der Waals surface area contributed by atoms with Crippen LogP contribution in [0, 0.1) is 0 Å². The van der Waals surface area contributed by atoms with Crippen molar-refractivity contribution in [3.05, 3.63) is 64.9 Å². The summed E-state index contributed by atoms with van der Waals surface area (Å²) in [6.07, 6.45) is 0.310. The molecule has 2 heterocycles. The molecule has 9 heteroatoms. The van der Waals surface area contributed by atoms with Crippen LogP contribution in [-0.4, -0.2) is 24.5 Å². The van der Waals surface area contributed by atoms with Crippen LogP contribution in [-0.2, 0) is 21.2 Å². The highest BCUT2D eigenvalue weighted by molar-refractivity contribution is 7.89. The van der Waals surface area contributed by atoms with E-state index in [1.54, 1.807) is 18.2 Å². The van der Waals surface area contributed by atoms with Gasteiger partial charge in [0.15, 0.2) is 0 Å². The first-order valence-electron chi connectivity index (χ1n) is 8.34. The Kier molecular flexibility index (Phi) is 4.71. The van der Waals surface area contributed by atoms with Gasteiger partial charge in [0.05, 0.1) is 16.8 Å². The molecule has 0 radical (unpaired) electrons. The molecule has 0 spiro atoms. The Morgan fingerprint density at radius 1 is 1.14 bits per heavy atom. The number of carbonyl (C=O) groups excluding carboxylic acids is 1. The number of nitrogens with one attached hydrogen (secondary N) is 2. The van der Waals surface area contributed by atoms with E-state index >= 15 is 0 Å². The van der Waals surface area contributed by atoms with Crippen LogP contribution in [0.3, 0.4) is 0 Å². The number of H-pyrrole nitrogens is 1. The summed E-state index contributed by atoms with van der Waals surface area (Å²) in [5, 5.41) is 18.0. The Bertz CT molecular complexity index is 1260. The zero-order chi connectivity index (χ0) is 19.7. The summed E-state index contributed by atoms with van der Waals surface area (Å²) >= 11 is 1.53. The van der Waals surface area contributed by atoms with E-state index in [0.29, 0.717) is 23.4 Å². The Labute approximate surface area is 165 Å². The maximum absolute atomic E-state index is 12.3. The number of carbonyl (C=O) groups is 1. The fraction of sp³-hybridized carbons (Fsp3) is 0.0526. The van der Waals surface area contributed by atoms with Crippen molar-refractivity contribution in [3.63, 3.8) is 0 Å². The van der Waals surface area contributed by atoms with Crippen LogP contribution in [0.5, 0.6) is 0 Å². The van der Waals surface area contributed by atoms with Gasteiger partial charge in [-0.15, -0.1) is 11.3 Å². The zero-order valence-corrected chi connectivity index (χ0v) is 16.2. The number of fused-ring (bicyclic) bond motifs is 1. The lowest BCUT2D eigenvalue weighted by molar-refractivity contribution is -0.115. The van der Waals surface area contributed by atoms with Gasteiger partial charge in [-0.1, -0.05) is 18.2 Å². The molecule has 142 valence electrons. The monoisotopic (exact) mass is 412 g/mol. The molecule has 2 aromatic carbocycles. The van der Waals surface area contributed by atoms with E-state index in [2.05, 4.69) is 15.5 Å². The molecule has 0 fully saturated rings. The van der Waals surface area contributed by atoms with Gasteiger partial charge in [-0.3, -0.25) is 9.89 Å². The van der Waals surface area contributed by atoms with Gasteiger partial charge in [0.1, 0.15) is 5.69 Å². The minimum absolute atomic E-state index is 0.0153. The van der Waals surface area contributed by atoms with Gasteiger partial charge in [-0.25, -0.2) is 13.6 Å². The van der Waals surface area contributed by atoms with E-state index in [9.17, 15) is 13.2 Å². The highest BCUT2D eigenvalue weighted by Gasteiger charge is 2.14. The van der Waals surface area contributed by atoms with Crippen LogP contribution in [0.2, 0.25) is 0 Å². The molecule has 2 aromatic heterocycles. The van der Waals surface area contributed by atoms with Crippen LogP contribution in [0.25, 0.3) is 22.2 Å². The number of rotatable bonds is 5. The van der Waals surface area contributed by atoms with Crippen LogP contribution < -0.4 is 10.5 Å². The molecule has 7 nitrogen and oxygen atoms in total. The molecular formula is C19H16N4O3S2. The number of anilines is 1. The highest BCUT2D eigenvalue weighted by Crippen LogP contribution is 2.29. The summed E-state index contributed by atoms with van der Waals surface area (Å²) in [6.45, 7) is 0. The fourth-order valence-electron chi connectivity index (χ4n) is 2.91. The summed E-state index contributed by atoms with van der Waals surface area (Å²) in [4.78, 5) is 13.3. The van der Waals surface area contributed by atoms with Gasteiger partial charge >= 0.3 is 0 Å². The maximum Gasteiger partial charge on any atom is 0.238 e. The molecule has 0 bridgehead atoms. The second-order valence-electron chi connectivity index (χ2n) is 6.21. The molecule has 0 saturated carbocycles. The third kappa shape index (κ3) is 3.81. The summed E-state index contributed by atoms with van der Waals surface area (Å²) in [7, 11) is -3.81. The van der Waals surface area contributed by atoms with E-state index in [1.807, 2.05) is 29.6 Å². The molecule has 4 rings (SSSR count). The van der Waals surface area contributed by atoms with Gasteiger partial charge in [0.2, 0.25) is 15.9 Å². The van der Waals surface area contributed by atoms with Crippen molar-refractivity contribution in [1.29, 1.82) is 0 Å². The third-order valence-corrected chi connectivity index (χ3v) is 5.98. The number of sulfonamides is 1. The second-order valence-corrected chi connectivity index (χ2v) is 8.80. The van der Waals surface area contributed by atoms with Crippen molar-refractivity contribution < 1.29 is 13.2 Å². The molecule has 1 amide bonds. The Morgan fingerprint density at radius 3 is 2.75 bits per heavy atom. The van der Waals surface area contributed by atoms with Crippen LogP contribution in [0.4, 0.5) is 5.69 Å². The van der Waals surface area contributed by atoms with Crippen molar-refractivity contribution in [3.8, 4) is 11.3 Å². The first-order valence-corrected chi connectivity index (χ1v) is 10.8. The summed E-state index contributed by atoms with van der Waals surface area (Å²) in [6, 6.07) is 15.5. The Balaban J connectivity index is 1.66. The highest BCUT2D eigenvalue weighted by atomic mass is 32.2. The summed E-state index contributed by atoms with van der Waals surface area (Å²) < 4.78 is 23.3. The lowest BCUT2D eigenvalue weighted by Gasteiger charge is -2.06. The van der Waals surface area contributed by atoms with Crippen molar-refractivity contribution in [2.24, 2.45) is 5.14 Å². The Hall–Kier alpha value is -3.01. The number of aromatic nitrogens is 2. The topological polar surface area (TPSA) is 118 Å². The van der Waals surface area contributed by atoms with Gasteiger partial charge in [0.25, 0.3) is 0 Å². The van der Waals surface area contributed by atoms with Crippen molar-refractivity contribution >= 4 is 43.9 Å². The second kappa shape index (κ2) is 7.19. The first kappa shape index (κ1) is 18.4. The number of benzene rings is 2. The molecule has 0 saturated heterocycles. The van der Waals surface area contributed by atoms with Gasteiger partial charge in [-0.2, -0.15) is 5.10 Å². The molecule has 28 heavy (non-hydrogen) atoms. The molecular weight excluding hydrogens is 396 g/mol. The minimum Gasteiger partial charge on any atom is -0.326 e. The summed E-state index contributed by atoms with van der Waals surface area (Å²) in [5.74, 6) is -0.108. The molecule has 0 unspecified atom stereocenters. The number of aromatic amines is 1. The first-order chi connectivity index (χ1) is 13.4. The molecule has 0 aliphatic heterocycles. The van der Waals surface area contributed by atoms with Crippen LogP contribution >= 0.6 is 11.3 Å². The maximum atomic E-state index is 12.3. The number of nitrogens with two attached hydrogens (primary N) is 1. The standard InChI is InChI=1S/C19H16N4O3S2/c20-28(25,26)15-5-1-3-12(9-15)19-16-10-13(6-7-17(16)22-23-19)21-18(24)11-14-4-2-8-27-14/h1-10H,11H2,(H,21,24)(H,22,23)(H2,20,25,26). The summed E-state index contributed by atoms with van der Waals surface area (Å²) in [5.41, 5.74) is 2.60. The van der Waals surface area contributed by atoms with E-state index in [0.717, 1.165) is 15.8 Å². The molecule has 4 aromatic rings. The Morgan fingerprint density at radius 2 is 2.00 bits per heavy atom. The number of nitrogens with zero attached hydrogens (tertiary/aromatic N) is 1. The van der Waals surface area contributed by atoms with E-state index < -0.39 is 10.0 Å². The number of hydrogen-bond donors (Lipinski definition) is 3. The van der Waals surface area contributed by atoms with E-state index in [4.69, 9.17) is 5.14 Å². The average molecular weight is 412 g/mol. The van der Waals surface area contributed by atoms with Crippen LogP contribution in [0.15, 0.2) is 64.9 Å². The van der Waals surface area contributed by atoms with Crippen LogP contribution in [0.1, 0.15) is 4.88 Å². The third-order valence-electron chi connectivity index (χ3n) is 4.20. The zero-order valence-electron chi connectivity index (χ0n) is 14.5. The molecule has 0 aliphatic rings. The van der Waals surface area contributed by atoms with Gasteiger partial charge in [0, 0.05) is 21.5 Å². The number of thiophene rings is 1. The molecule has 4 N–H and O–H groups in total. The predicted molar refractivity (Wildman–Crippen MR) is 110 cm³/mol. The number of hydrogen-bond acceptors (Lipinski definition) is 5. The van der Waals surface area contributed by atoms with E-state index in [1.165, 1.54) is 23.5 Å². The fourth-order valence-corrected chi connectivity index (χ4v) is 4.17. The van der Waals surface area contributed by atoms with Crippen molar-refractivity contribution in [2.75, 3.05) is 5.32 Å². The predicted octanol–water partition coefficient (Wildman–Crippen LogP) is 3.12. The molecule has 0 atom stereocenters. The van der Waals surface area contributed by atoms with Crippen molar-refractivity contribution in [1.82, 2.24) is 10.2 Å². The number of amides is 1. The minimum atomic E-state index is -3.81. The smallest absolute Gasteiger partial charge is 0.238 e. The molecule has 0 aliphatic carbocycles. The van der Waals surface area contributed by atoms with Gasteiger partial charge < -0.3 is 5.32 Å². The average Bonchev–Trinajstić information content (AvgIpc) is 3.30. The SMILES string of the molecule is NS(=O)(=O)c1cccc(-c2n[nH]c3ccc(NC(=O)Cc4cccs4)cc23)c1. The van der Waals surface area contributed by atoms with Crippen molar-refractivity contribution in [2.45, 2.75) is 11.3 Å². The number of primary sulfonamides is 1. The lowest BCUT2D eigenvalue weighted by atomic mass is 10.1. The van der Waals surface area contributed by atoms with Gasteiger partial charge in [-0.05, 0) is 41.8 Å².